The molecule has 0 bridgehead atoms. The fourth-order valence-corrected chi connectivity index (χ4v) is 5.36. The van der Waals surface area contributed by atoms with Crippen molar-refractivity contribution in [2.45, 2.75) is 39.3 Å². The zero-order valence-corrected chi connectivity index (χ0v) is 21.8. The predicted molar refractivity (Wildman–Crippen MR) is 138 cm³/mol. The highest BCUT2D eigenvalue weighted by Crippen LogP contribution is 2.45. The van der Waals surface area contributed by atoms with Gasteiger partial charge in [0, 0.05) is 36.9 Å². The SMILES string of the molecule is CC1=C(C(=O)OC(C)C)[C@@H](c2ccc(Cl)cc2)N2C(CC(=O)NCCN3CCOCC3)=CSC2=N1. The second kappa shape index (κ2) is 11.6. The van der Waals surface area contributed by atoms with E-state index in [1.54, 1.807) is 12.1 Å². The lowest BCUT2D eigenvalue weighted by molar-refractivity contribution is -0.143. The van der Waals surface area contributed by atoms with E-state index in [0.717, 1.165) is 49.3 Å². The quantitative estimate of drug-likeness (QED) is 0.525. The monoisotopic (exact) mass is 518 g/mol. The van der Waals surface area contributed by atoms with E-state index < -0.39 is 12.0 Å². The highest BCUT2D eigenvalue weighted by Gasteiger charge is 2.41. The maximum Gasteiger partial charge on any atom is 0.338 e. The van der Waals surface area contributed by atoms with Crippen molar-refractivity contribution in [2.75, 3.05) is 39.4 Å². The Hall–Kier alpha value is -2.33. The third-order valence-electron chi connectivity index (χ3n) is 5.94. The standard InChI is InChI=1S/C25H31ClN4O4S/c1-16(2)34-24(32)22-17(3)28-25-30(23(22)18-4-6-19(26)7-5-18)20(15-35-25)14-21(31)27-8-9-29-10-12-33-13-11-29/h4-7,15-16,23H,8-14H2,1-3H3,(H,27,31)/t23-/m1/s1. The van der Waals surface area contributed by atoms with Crippen molar-refractivity contribution in [3.05, 3.63) is 57.2 Å². The normalized spacial score (nSPS) is 20.5. The zero-order chi connectivity index (χ0) is 24.9. The van der Waals surface area contributed by atoms with Crippen LogP contribution in [0.5, 0.6) is 0 Å². The summed E-state index contributed by atoms with van der Waals surface area (Å²) in [6.45, 7) is 10.1. The van der Waals surface area contributed by atoms with Crippen LogP contribution in [-0.4, -0.2) is 72.3 Å². The maximum atomic E-state index is 13.2. The summed E-state index contributed by atoms with van der Waals surface area (Å²) in [5, 5.41) is 6.31. The lowest BCUT2D eigenvalue weighted by Gasteiger charge is -2.36. The van der Waals surface area contributed by atoms with Gasteiger partial charge in [0.05, 0.1) is 43.1 Å². The van der Waals surface area contributed by atoms with Crippen LogP contribution < -0.4 is 5.32 Å². The van der Waals surface area contributed by atoms with Gasteiger partial charge >= 0.3 is 5.97 Å². The number of carbonyl (C=O) groups is 2. The summed E-state index contributed by atoms with van der Waals surface area (Å²) in [4.78, 5) is 34.9. The molecule has 0 spiro atoms. The zero-order valence-electron chi connectivity index (χ0n) is 20.3. The molecule has 0 radical (unpaired) electrons. The highest BCUT2D eigenvalue weighted by molar-refractivity contribution is 8.16. The first kappa shape index (κ1) is 25.8. The number of fused-ring (bicyclic) bond motifs is 1. The van der Waals surface area contributed by atoms with Crippen molar-refractivity contribution >= 4 is 40.4 Å². The van der Waals surface area contributed by atoms with Crippen molar-refractivity contribution < 1.29 is 19.1 Å². The molecule has 1 atom stereocenters. The average Bonchev–Trinajstić information content (AvgIpc) is 3.20. The van der Waals surface area contributed by atoms with E-state index in [-0.39, 0.29) is 18.4 Å². The van der Waals surface area contributed by atoms with Crippen LogP contribution in [0.3, 0.4) is 0 Å². The number of carbonyl (C=O) groups excluding carboxylic acids is 2. The molecule has 3 aliphatic rings. The molecule has 1 fully saturated rings. The second-order valence-electron chi connectivity index (χ2n) is 8.88. The Bertz CT molecular complexity index is 1050. The number of benzene rings is 1. The Morgan fingerprint density at radius 2 is 1.97 bits per heavy atom. The Morgan fingerprint density at radius 1 is 1.26 bits per heavy atom. The summed E-state index contributed by atoms with van der Waals surface area (Å²) in [6, 6.07) is 6.93. The molecule has 188 valence electrons. The number of morpholine rings is 1. The Kier molecular flexibility index (Phi) is 8.54. The lowest BCUT2D eigenvalue weighted by Crippen LogP contribution is -2.42. The molecule has 0 saturated carbocycles. The molecule has 3 aliphatic heterocycles. The fraction of sp³-hybridized carbons (Fsp3) is 0.480. The summed E-state index contributed by atoms with van der Waals surface area (Å²) in [7, 11) is 0. The molecular weight excluding hydrogens is 488 g/mol. The van der Waals surface area contributed by atoms with Gasteiger partial charge in [-0.1, -0.05) is 35.5 Å². The lowest BCUT2D eigenvalue weighted by atomic mass is 9.94. The Morgan fingerprint density at radius 3 is 2.66 bits per heavy atom. The van der Waals surface area contributed by atoms with Crippen LogP contribution in [0.1, 0.15) is 38.8 Å². The van der Waals surface area contributed by atoms with Crippen LogP contribution in [-0.2, 0) is 19.1 Å². The van der Waals surface area contributed by atoms with E-state index in [1.165, 1.54) is 11.8 Å². The van der Waals surface area contributed by atoms with Gasteiger partial charge in [0.15, 0.2) is 5.17 Å². The summed E-state index contributed by atoms with van der Waals surface area (Å²) < 4.78 is 10.9. The molecule has 1 N–H and O–H groups in total. The molecule has 0 aliphatic carbocycles. The van der Waals surface area contributed by atoms with Gasteiger partial charge in [-0.2, -0.15) is 0 Å². The number of nitrogens with one attached hydrogen (secondary N) is 1. The number of halogens is 1. The molecule has 1 amide bonds. The second-order valence-corrected chi connectivity index (χ2v) is 10.2. The largest absolute Gasteiger partial charge is 0.459 e. The van der Waals surface area contributed by atoms with E-state index in [9.17, 15) is 9.59 Å². The average molecular weight is 519 g/mol. The predicted octanol–water partition coefficient (Wildman–Crippen LogP) is 3.71. The Labute approximate surface area is 215 Å². The number of aliphatic imine (C=N–C) groups is 1. The summed E-state index contributed by atoms with van der Waals surface area (Å²) in [6.07, 6.45) is -0.0793. The number of amidine groups is 1. The first-order valence-electron chi connectivity index (χ1n) is 11.8. The van der Waals surface area contributed by atoms with Gasteiger partial charge in [-0.05, 0) is 43.9 Å². The molecule has 35 heavy (non-hydrogen) atoms. The van der Waals surface area contributed by atoms with E-state index >= 15 is 0 Å². The number of rotatable bonds is 8. The summed E-state index contributed by atoms with van der Waals surface area (Å²) in [5.74, 6) is -0.481. The van der Waals surface area contributed by atoms with Gasteiger partial charge in [-0.3, -0.25) is 9.69 Å². The Balaban J connectivity index is 1.52. The van der Waals surface area contributed by atoms with Gasteiger partial charge in [0.2, 0.25) is 5.91 Å². The number of hydrogen-bond donors (Lipinski definition) is 1. The van der Waals surface area contributed by atoms with Gasteiger partial charge in [0.25, 0.3) is 0 Å². The molecule has 3 heterocycles. The smallest absolute Gasteiger partial charge is 0.338 e. The number of amides is 1. The van der Waals surface area contributed by atoms with Crippen LogP contribution in [0.4, 0.5) is 0 Å². The van der Waals surface area contributed by atoms with Gasteiger partial charge < -0.3 is 19.7 Å². The minimum absolute atomic E-state index is 0.0706. The van der Waals surface area contributed by atoms with Crippen LogP contribution in [0.2, 0.25) is 5.02 Å². The minimum Gasteiger partial charge on any atom is -0.459 e. The molecule has 0 aromatic heterocycles. The van der Waals surface area contributed by atoms with Crippen molar-refractivity contribution in [1.29, 1.82) is 0 Å². The number of ether oxygens (including phenoxy) is 2. The van der Waals surface area contributed by atoms with E-state index in [2.05, 4.69) is 15.2 Å². The van der Waals surface area contributed by atoms with Crippen molar-refractivity contribution in [3.8, 4) is 0 Å². The topological polar surface area (TPSA) is 83.5 Å². The molecular formula is C25H31ClN4O4S. The van der Waals surface area contributed by atoms with Crippen LogP contribution in [0, 0.1) is 0 Å². The van der Waals surface area contributed by atoms with Crippen molar-refractivity contribution in [3.63, 3.8) is 0 Å². The third kappa shape index (κ3) is 6.27. The maximum absolute atomic E-state index is 13.2. The first-order chi connectivity index (χ1) is 16.8. The molecule has 10 heteroatoms. The molecule has 1 aromatic carbocycles. The van der Waals surface area contributed by atoms with Crippen molar-refractivity contribution in [1.82, 2.24) is 15.1 Å². The summed E-state index contributed by atoms with van der Waals surface area (Å²) in [5.41, 5.74) is 2.74. The number of thioether (sulfide) groups is 1. The minimum atomic E-state index is -0.464. The number of hydrogen-bond acceptors (Lipinski definition) is 8. The number of nitrogens with zero attached hydrogens (tertiary/aromatic N) is 3. The fourth-order valence-electron chi connectivity index (χ4n) is 4.27. The van der Waals surface area contributed by atoms with Gasteiger partial charge in [-0.25, -0.2) is 9.79 Å². The van der Waals surface area contributed by atoms with Gasteiger partial charge in [0.1, 0.15) is 0 Å². The van der Waals surface area contributed by atoms with E-state index in [0.29, 0.717) is 22.8 Å². The molecule has 8 nitrogen and oxygen atoms in total. The van der Waals surface area contributed by atoms with Crippen molar-refractivity contribution in [2.24, 2.45) is 4.99 Å². The third-order valence-corrected chi connectivity index (χ3v) is 7.09. The first-order valence-corrected chi connectivity index (χ1v) is 13.1. The van der Waals surface area contributed by atoms with Crippen LogP contribution in [0.25, 0.3) is 0 Å². The van der Waals surface area contributed by atoms with E-state index in [4.69, 9.17) is 21.1 Å². The van der Waals surface area contributed by atoms with E-state index in [1.807, 2.05) is 43.2 Å². The number of esters is 1. The summed E-state index contributed by atoms with van der Waals surface area (Å²) >= 11 is 7.60. The molecule has 1 aromatic rings. The molecule has 1 saturated heterocycles. The highest BCUT2D eigenvalue weighted by atomic mass is 35.5. The van der Waals surface area contributed by atoms with Gasteiger partial charge in [-0.15, -0.1) is 0 Å². The molecule has 4 rings (SSSR count). The van der Waals surface area contributed by atoms with Crippen LogP contribution >= 0.6 is 23.4 Å². The number of allylic oxidation sites excluding steroid dienone is 1. The van der Waals surface area contributed by atoms with Crippen LogP contribution in [0.15, 0.2) is 51.6 Å². The molecule has 0 unspecified atom stereocenters.